The quantitative estimate of drug-likeness (QED) is 0.612. The number of hydrogen-bond donors (Lipinski definition) is 1. The van der Waals surface area contributed by atoms with Crippen molar-refractivity contribution in [3.8, 4) is 11.5 Å². The maximum Gasteiger partial charge on any atom is 0.225 e. The SMILES string of the molecule is COc1ccc(CCN2CC(C(=O)NCCCc3ccccc3)CC2=O)cc1OC. The first kappa shape index (κ1) is 21.7. The normalized spacial score (nSPS) is 15.9. The summed E-state index contributed by atoms with van der Waals surface area (Å²) in [6.07, 6.45) is 2.82. The first-order valence-electron chi connectivity index (χ1n) is 10.4. The fraction of sp³-hybridized carbons (Fsp3) is 0.417. The predicted octanol–water partition coefficient (Wildman–Crippen LogP) is 2.84. The number of methoxy groups -OCH3 is 2. The molecule has 160 valence electrons. The molecule has 1 fully saturated rings. The largest absolute Gasteiger partial charge is 0.493 e. The summed E-state index contributed by atoms with van der Waals surface area (Å²) in [5.74, 6) is 1.11. The number of carbonyl (C=O) groups is 2. The minimum absolute atomic E-state index is 0.0231. The highest BCUT2D eigenvalue weighted by atomic mass is 16.5. The van der Waals surface area contributed by atoms with Crippen molar-refractivity contribution in [2.75, 3.05) is 33.9 Å². The van der Waals surface area contributed by atoms with Gasteiger partial charge in [0.15, 0.2) is 11.5 Å². The van der Waals surface area contributed by atoms with Crippen LogP contribution in [0.2, 0.25) is 0 Å². The van der Waals surface area contributed by atoms with Gasteiger partial charge < -0.3 is 19.7 Å². The lowest BCUT2D eigenvalue weighted by molar-refractivity contribution is -0.129. The summed E-state index contributed by atoms with van der Waals surface area (Å²) >= 11 is 0. The molecule has 2 aromatic rings. The van der Waals surface area contributed by atoms with Crippen molar-refractivity contribution in [1.82, 2.24) is 10.2 Å². The highest BCUT2D eigenvalue weighted by molar-refractivity contribution is 5.89. The Morgan fingerprint density at radius 2 is 1.80 bits per heavy atom. The van der Waals surface area contributed by atoms with E-state index < -0.39 is 0 Å². The standard InChI is InChI=1S/C24H30N2O4/c1-29-21-11-10-19(15-22(21)30-2)12-14-26-17-20(16-23(26)27)24(28)25-13-6-9-18-7-4-3-5-8-18/h3-5,7-8,10-11,15,20H,6,9,12-14,16-17H2,1-2H3,(H,25,28). The van der Waals surface area contributed by atoms with Crippen molar-refractivity contribution in [3.05, 3.63) is 59.7 Å². The van der Waals surface area contributed by atoms with Gasteiger partial charge in [0.2, 0.25) is 11.8 Å². The predicted molar refractivity (Wildman–Crippen MR) is 116 cm³/mol. The second kappa shape index (κ2) is 10.7. The Labute approximate surface area is 178 Å². The van der Waals surface area contributed by atoms with Gasteiger partial charge in [-0.3, -0.25) is 9.59 Å². The minimum Gasteiger partial charge on any atom is -0.493 e. The van der Waals surface area contributed by atoms with Crippen LogP contribution in [-0.2, 0) is 22.4 Å². The number of carbonyl (C=O) groups excluding carboxylic acids is 2. The van der Waals surface area contributed by atoms with E-state index in [-0.39, 0.29) is 24.2 Å². The van der Waals surface area contributed by atoms with Gasteiger partial charge in [-0.2, -0.15) is 0 Å². The van der Waals surface area contributed by atoms with Crippen molar-refractivity contribution in [2.24, 2.45) is 5.92 Å². The third kappa shape index (κ3) is 5.75. The molecule has 3 rings (SSSR count). The van der Waals surface area contributed by atoms with Gasteiger partial charge >= 0.3 is 0 Å². The summed E-state index contributed by atoms with van der Waals surface area (Å²) in [6, 6.07) is 16.0. The molecule has 6 heteroatoms. The van der Waals surface area contributed by atoms with Crippen LogP contribution < -0.4 is 14.8 Å². The van der Waals surface area contributed by atoms with E-state index >= 15 is 0 Å². The van der Waals surface area contributed by atoms with Crippen molar-refractivity contribution in [3.63, 3.8) is 0 Å². The van der Waals surface area contributed by atoms with Crippen LogP contribution in [0, 0.1) is 5.92 Å². The zero-order chi connectivity index (χ0) is 21.3. The fourth-order valence-electron chi connectivity index (χ4n) is 3.76. The third-order valence-corrected chi connectivity index (χ3v) is 5.49. The molecule has 2 aromatic carbocycles. The Balaban J connectivity index is 1.42. The molecule has 2 amide bonds. The van der Waals surface area contributed by atoms with Crippen LogP contribution in [0.15, 0.2) is 48.5 Å². The van der Waals surface area contributed by atoms with Gasteiger partial charge in [-0.25, -0.2) is 0 Å². The fourth-order valence-corrected chi connectivity index (χ4v) is 3.76. The number of hydrogen-bond acceptors (Lipinski definition) is 4. The molecule has 1 heterocycles. The first-order valence-corrected chi connectivity index (χ1v) is 10.4. The number of likely N-dealkylation sites (tertiary alicyclic amines) is 1. The molecule has 1 atom stereocenters. The van der Waals surface area contributed by atoms with E-state index in [0.717, 1.165) is 18.4 Å². The van der Waals surface area contributed by atoms with E-state index in [4.69, 9.17) is 9.47 Å². The van der Waals surface area contributed by atoms with Crippen LogP contribution in [0.1, 0.15) is 24.0 Å². The molecule has 6 nitrogen and oxygen atoms in total. The number of rotatable bonds is 10. The molecule has 1 aliphatic heterocycles. The number of aryl methyl sites for hydroxylation is 1. The summed E-state index contributed by atoms with van der Waals surface area (Å²) < 4.78 is 10.6. The van der Waals surface area contributed by atoms with Crippen LogP contribution in [0.5, 0.6) is 11.5 Å². The lowest BCUT2D eigenvalue weighted by atomic mass is 10.1. The molecule has 1 N–H and O–H groups in total. The van der Waals surface area contributed by atoms with E-state index in [1.165, 1.54) is 5.56 Å². The second-order valence-corrected chi connectivity index (χ2v) is 7.56. The average molecular weight is 411 g/mol. The molecule has 1 aliphatic rings. The molecule has 0 spiro atoms. The maximum atomic E-state index is 12.5. The number of ether oxygens (including phenoxy) is 2. The summed E-state index contributed by atoms with van der Waals surface area (Å²) in [5.41, 5.74) is 2.33. The van der Waals surface area contributed by atoms with Crippen LogP contribution in [0.25, 0.3) is 0 Å². The lowest BCUT2D eigenvalue weighted by Crippen LogP contribution is -2.34. The number of amides is 2. The topological polar surface area (TPSA) is 67.9 Å². The first-order chi connectivity index (χ1) is 14.6. The Bertz CT molecular complexity index is 854. The number of nitrogens with zero attached hydrogens (tertiary/aromatic N) is 1. The molecule has 0 aromatic heterocycles. The highest BCUT2D eigenvalue weighted by Gasteiger charge is 2.33. The van der Waals surface area contributed by atoms with Crippen LogP contribution in [0.4, 0.5) is 0 Å². The van der Waals surface area contributed by atoms with E-state index in [0.29, 0.717) is 37.6 Å². The molecular weight excluding hydrogens is 380 g/mol. The lowest BCUT2D eigenvalue weighted by Gasteiger charge is -2.17. The second-order valence-electron chi connectivity index (χ2n) is 7.56. The van der Waals surface area contributed by atoms with Gasteiger partial charge in [0.1, 0.15) is 0 Å². The molecule has 1 unspecified atom stereocenters. The Morgan fingerprint density at radius 3 is 2.53 bits per heavy atom. The van der Waals surface area contributed by atoms with Crippen molar-refractivity contribution < 1.29 is 19.1 Å². The summed E-state index contributed by atoms with van der Waals surface area (Å²) in [5, 5.41) is 2.99. The molecule has 0 radical (unpaired) electrons. The molecule has 0 bridgehead atoms. The summed E-state index contributed by atoms with van der Waals surface area (Å²) in [6.45, 7) is 1.70. The monoisotopic (exact) mass is 410 g/mol. The van der Waals surface area contributed by atoms with E-state index in [1.54, 1.807) is 19.1 Å². The molecule has 1 saturated heterocycles. The zero-order valence-corrected chi connectivity index (χ0v) is 17.7. The Hall–Kier alpha value is -3.02. The van der Waals surface area contributed by atoms with Crippen LogP contribution in [0.3, 0.4) is 0 Å². The van der Waals surface area contributed by atoms with E-state index in [2.05, 4.69) is 17.4 Å². The Kier molecular flexibility index (Phi) is 7.71. The molecular formula is C24H30N2O4. The van der Waals surface area contributed by atoms with E-state index in [9.17, 15) is 9.59 Å². The van der Waals surface area contributed by atoms with E-state index in [1.807, 2.05) is 36.4 Å². The van der Waals surface area contributed by atoms with Gasteiger partial charge in [-0.05, 0) is 42.5 Å². The molecule has 0 saturated carbocycles. The van der Waals surface area contributed by atoms with Gasteiger partial charge in [0.25, 0.3) is 0 Å². The number of nitrogens with one attached hydrogen (secondary N) is 1. The van der Waals surface area contributed by atoms with Crippen molar-refractivity contribution >= 4 is 11.8 Å². The third-order valence-electron chi connectivity index (χ3n) is 5.49. The van der Waals surface area contributed by atoms with Gasteiger partial charge in [0.05, 0.1) is 20.1 Å². The van der Waals surface area contributed by atoms with Crippen LogP contribution in [-0.4, -0.2) is 50.6 Å². The number of benzene rings is 2. The highest BCUT2D eigenvalue weighted by Crippen LogP contribution is 2.28. The van der Waals surface area contributed by atoms with Gasteiger partial charge in [-0.1, -0.05) is 36.4 Å². The maximum absolute atomic E-state index is 12.5. The smallest absolute Gasteiger partial charge is 0.225 e. The van der Waals surface area contributed by atoms with Crippen LogP contribution >= 0.6 is 0 Å². The van der Waals surface area contributed by atoms with Crippen molar-refractivity contribution in [1.29, 1.82) is 0 Å². The average Bonchev–Trinajstić information content (AvgIpc) is 3.16. The Morgan fingerprint density at radius 1 is 1.03 bits per heavy atom. The molecule has 0 aliphatic carbocycles. The van der Waals surface area contributed by atoms with Gasteiger partial charge in [0, 0.05) is 26.1 Å². The summed E-state index contributed by atoms with van der Waals surface area (Å²) in [7, 11) is 3.21. The van der Waals surface area contributed by atoms with Crippen molar-refractivity contribution in [2.45, 2.75) is 25.7 Å². The summed E-state index contributed by atoms with van der Waals surface area (Å²) in [4.78, 5) is 26.6. The zero-order valence-electron chi connectivity index (χ0n) is 17.7. The van der Waals surface area contributed by atoms with Gasteiger partial charge in [-0.15, -0.1) is 0 Å². The molecule has 30 heavy (non-hydrogen) atoms. The minimum atomic E-state index is -0.264.